The maximum Gasteiger partial charge on any atom is 0.225 e. The molecule has 3 rings (SSSR count). The molecule has 3 heterocycles. The Balaban J connectivity index is 2.01. The fourth-order valence-corrected chi connectivity index (χ4v) is 2.96. The van der Waals surface area contributed by atoms with Crippen molar-refractivity contribution in [2.24, 2.45) is 0 Å². The molecule has 1 aliphatic rings. The molecule has 0 amide bonds. The molecule has 1 unspecified atom stereocenters. The summed E-state index contributed by atoms with van der Waals surface area (Å²) >= 11 is 7.49. The summed E-state index contributed by atoms with van der Waals surface area (Å²) in [4.78, 5) is 9.38. The number of fused-ring (bicyclic) bond motifs is 1. The van der Waals surface area contributed by atoms with E-state index in [0.717, 1.165) is 29.1 Å². The smallest absolute Gasteiger partial charge is 0.225 e. The Morgan fingerprint density at radius 2 is 2.41 bits per heavy atom. The number of aromatic nitrogens is 2. The van der Waals surface area contributed by atoms with E-state index in [1.54, 1.807) is 11.3 Å². The Hall–Kier alpha value is -0.910. The summed E-state index contributed by atoms with van der Waals surface area (Å²) < 4.78 is 5.42. The summed E-state index contributed by atoms with van der Waals surface area (Å²) in [5.74, 6) is 0.800. The predicted octanol–water partition coefficient (Wildman–Crippen LogP) is 2.94. The first-order valence-corrected chi connectivity index (χ1v) is 6.69. The van der Waals surface area contributed by atoms with Gasteiger partial charge >= 0.3 is 0 Å². The molecule has 0 bridgehead atoms. The molecule has 2 aromatic rings. The lowest BCUT2D eigenvalue weighted by atomic mass is 10.0. The van der Waals surface area contributed by atoms with Gasteiger partial charge in [-0.2, -0.15) is 0 Å². The Labute approximate surface area is 108 Å². The highest BCUT2D eigenvalue weighted by Gasteiger charge is 2.30. The number of hydrogen-bond acceptors (Lipinski definition) is 5. The highest BCUT2D eigenvalue weighted by atomic mass is 35.5. The fraction of sp³-hybridized carbons (Fsp3) is 0.455. The fourth-order valence-electron chi connectivity index (χ4n) is 1.98. The zero-order valence-corrected chi connectivity index (χ0v) is 10.9. The van der Waals surface area contributed by atoms with Crippen LogP contribution in [-0.4, -0.2) is 28.7 Å². The van der Waals surface area contributed by atoms with Gasteiger partial charge in [-0.1, -0.05) is 0 Å². The van der Waals surface area contributed by atoms with E-state index in [1.165, 1.54) is 0 Å². The average molecular weight is 270 g/mol. The second-order valence-corrected chi connectivity index (χ2v) is 5.70. The van der Waals surface area contributed by atoms with Gasteiger partial charge in [0.1, 0.15) is 10.6 Å². The lowest BCUT2D eigenvalue weighted by Crippen LogP contribution is -2.35. The van der Waals surface area contributed by atoms with Crippen LogP contribution >= 0.6 is 22.9 Å². The Bertz CT molecular complexity index is 551. The quantitative estimate of drug-likeness (QED) is 0.852. The van der Waals surface area contributed by atoms with Crippen LogP contribution in [0.5, 0.6) is 0 Å². The van der Waals surface area contributed by atoms with Crippen molar-refractivity contribution in [3.05, 3.63) is 16.7 Å². The third kappa shape index (κ3) is 2.10. The maximum atomic E-state index is 5.92. The molecular weight excluding hydrogens is 258 g/mol. The van der Waals surface area contributed by atoms with Gasteiger partial charge in [0.25, 0.3) is 0 Å². The third-order valence-corrected chi connectivity index (χ3v) is 3.91. The number of thiophene rings is 1. The van der Waals surface area contributed by atoms with Crippen LogP contribution < -0.4 is 5.32 Å². The normalized spacial score (nSPS) is 24.4. The first kappa shape index (κ1) is 11.2. The van der Waals surface area contributed by atoms with Gasteiger partial charge in [-0.3, -0.25) is 0 Å². The monoisotopic (exact) mass is 269 g/mol. The summed E-state index contributed by atoms with van der Waals surface area (Å²) in [5.41, 5.74) is -0.0629. The molecule has 2 aromatic heterocycles. The zero-order chi connectivity index (χ0) is 11.9. The van der Waals surface area contributed by atoms with E-state index in [-0.39, 0.29) is 10.8 Å². The van der Waals surface area contributed by atoms with Crippen molar-refractivity contribution in [2.45, 2.75) is 18.9 Å². The largest absolute Gasteiger partial charge is 0.379 e. The summed E-state index contributed by atoms with van der Waals surface area (Å²) in [6, 6.07) is 2.01. The lowest BCUT2D eigenvalue weighted by Gasteiger charge is -2.24. The molecular formula is C11H12ClN3OS. The second-order valence-electron chi connectivity index (χ2n) is 4.47. The molecule has 1 saturated heterocycles. The molecule has 1 aliphatic heterocycles. The van der Waals surface area contributed by atoms with Crippen LogP contribution in [0.25, 0.3) is 10.2 Å². The molecule has 90 valence electrons. The standard InChI is InChI=1S/C11H12ClN3OS/c1-11(3-4-16-6-11)15-8-7-2-5-17-9(7)14-10(12)13-8/h2,5H,3-4,6H2,1H3,(H,13,14,15). The molecule has 4 nitrogen and oxygen atoms in total. The first-order chi connectivity index (χ1) is 8.16. The molecule has 1 fully saturated rings. The van der Waals surface area contributed by atoms with Crippen molar-refractivity contribution in [3.8, 4) is 0 Å². The maximum absolute atomic E-state index is 5.92. The van der Waals surface area contributed by atoms with Crippen LogP contribution in [0, 0.1) is 0 Å². The molecule has 1 N–H and O–H groups in total. The van der Waals surface area contributed by atoms with Gasteiger partial charge < -0.3 is 10.1 Å². The summed E-state index contributed by atoms with van der Waals surface area (Å²) in [6.07, 6.45) is 0.972. The molecule has 0 radical (unpaired) electrons. The first-order valence-electron chi connectivity index (χ1n) is 5.43. The zero-order valence-electron chi connectivity index (χ0n) is 9.36. The Kier molecular flexibility index (Phi) is 2.69. The number of anilines is 1. The summed E-state index contributed by atoms with van der Waals surface area (Å²) in [7, 11) is 0. The number of rotatable bonds is 2. The molecule has 0 saturated carbocycles. The van der Waals surface area contributed by atoms with Crippen LogP contribution in [0.4, 0.5) is 5.82 Å². The van der Waals surface area contributed by atoms with E-state index in [4.69, 9.17) is 16.3 Å². The van der Waals surface area contributed by atoms with Crippen molar-refractivity contribution < 1.29 is 4.74 Å². The third-order valence-electron chi connectivity index (χ3n) is 2.94. The Morgan fingerprint density at radius 3 is 3.18 bits per heavy atom. The number of nitrogens with zero attached hydrogens (tertiary/aromatic N) is 2. The van der Waals surface area contributed by atoms with E-state index in [2.05, 4.69) is 22.2 Å². The highest BCUT2D eigenvalue weighted by molar-refractivity contribution is 7.16. The molecule has 0 aliphatic carbocycles. The molecule has 0 spiro atoms. The average Bonchev–Trinajstić information content (AvgIpc) is 2.86. The topological polar surface area (TPSA) is 47.0 Å². The second kappa shape index (κ2) is 4.08. The van der Waals surface area contributed by atoms with Crippen LogP contribution in [0.2, 0.25) is 5.28 Å². The number of halogens is 1. The lowest BCUT2D eigenvalue weighted by molar-refractivity contribution is 0.185. The van der Waals surface area contributed by atoms with Gasteiger partial charge in [-0.25, -0.2) is 9.97 Å². The van der Waals surface area contributed by atoms with E-state index in [0.29, 0.717) is 6.61 Å². The van der Waals surface area contributed by atoms with Gasteiger partial charge in [0.2, 0.25) is 5.28 Å². The van der Waals surface area contributed by atoms with Crippen molar-refractivity contribution in [1.29, 1.82) is 0 Å². The van der Waals surface area contributed by atoms with Gasteiger partial charge in [0, 0.05) is 6.61 Å². The minimum Gasteiger partial charge on any atom is -0.379 e. The number of nitrogens with one attached hydrogen (secondary N) is 1. The van der Waals surface area contributed by atoms with Crippen molar-refractivity contribution in [3.63, 3.8) is 0 Å². The Morgan fingerprint density at radius 1 is 1.53 bits per heavy atom. The highest BCUT2D eigenvalue weighted by Crippen LogP contribution is 2.30. The minimum atomic E-state index is -0.0629. The number of ether oxygens (including phenoxy) is 1. The van der Waals surface area contributed by atoms with Crippen LogP contribution in [0.15, 0.2) is 11.4 Å². The van der Waals surface area contributed by atoms with E-state index in [9.17, 15) is 0 Å². The molecule has 1 atom stereocenters. The number of hydrogen-bond donors (Lipinski definition) is 1. The minimum absolute atomic E-state index is 0.0629. The summed E-state index contributed by atoms with van der Waals surface area (Å²) in [6.45, 7) is 3.61. The van der Waals surface area contributed by atoms with Gasteiger partial charge in [0.15, 0.2) is 0 Å². The van der Waals surface area contributed by atoms with E-state index < -0.39 is 0 Å². The van der Waals surface area contributed by atoms with E-state index in [1.807, 2.05) is 11.4 Å². The van der Waals surface area contributed by atoms with Crippen LogP contribution in [0.1, 0.15) is 13.3 Å². The molecule has 6 heteroatoms. The predicted molar refractivity (Wildman–Crippen MR) is 69.9 cm³/mol. The van der Waals surface area contributed by atoms with Crippen molar-refractivity contribution in [2.75, 3.05) is 18.5 Å². The SMILES string of the molecule is CC1(Nc2nc(Cl)nc3sccc23)CCOC1. The van der Waals surface area contributed by atoms with Crippen molar-refractivity contribution in [1.82, 2.24) is 9.97 Å². The van der Waals surface area contributed by atoms with Gasteiger partial charge in [-0.15, -0.1) is 11.3 Å². The molecule has 0 aromatic carbocycles. The van der Waals surface area contributed by atoms with Gasteiger partial charge in [0.05, 0.1) is 17.5 Å². The van der Waals surface area contributed by atoms with Crippen LogP contribution in [0.3, 0.4) is 0 Å². The van der Waals surface area contributed by atoms with E-state index >= 15 is 0 Å². The van der Waals surface area contributed by atoms with Crippen molar-refractivity contribution >= 4 is 39.0 Å². The van der Waals surface area contributed by atoms with Crippen LogP contribution in [-0.2, 0) is 4.74 Å². The summed E-state index contributed by atoms with van der Waals surface area (Å²) in [5, 5.41) is 6.73. The molecule has 17 heavy (non-hydrogen) atoms. The van der Waals surface area contributed by atoms with Gasteiger partial charge in [-0.05, 0) is 36.4 Å².